The molecule has 0 fully saturated rings. The van der Waals surface area contributed by atoms with Crippen LogP contribution in [0.15, 0.2) is 29.0 Å². The Morgan fingerprint density at radius 3 is 2.70 bits per heavy atom. The molecule has 1 rings (SSSR count). The summed E-state index contributed by atoms with van der Waals surface area (Å²) in [5, 5.41) is 11.6. The number of allylic oxidation sites excluding steroid dienone is 4. The van der Waals surface area contributed by atoms with Crippen LogP contribution in [0.2, 0.25) is 0 Å². The molecule has 0 saturated carbocycles. The smallest absolute Gasteiger partial charge is 0.0861 e. The summed E-state index contributed by atoms with van der Waals surface area (Å²) >= 11 is 0. The van der Waals surface area contributed by atoms with E-state index in [1.54, 1.807) is 0 Å². The van der Waals surface area contributed by atoms with Gasteiger partial charge in [0, 0.05) is 5.92 Å². The molecule has 0 aromatic heterocycles. The van der Waals surface area contributed by atoms with Crippen LogP contribution in [0.4, 0.5) is 0 Å². The molecule has 0 aliphatic heterocycles. The lowest BCUT2D eigenvalue weighted by Crippen LogP contribution is -2.08. The van der Waals surface area contributed by atoms with Crippen LogP contribution in [-0.4, -0.2) is 10.9 Å². The zero-order valence-electron chi connectivity index (χ0n) is 6.20. The average Bonchev–Trinajstić information content (AvgIpc) is 1.88. The van der Waals surface area contributed by atoms with Crippen LogP contribution in [0.3, 0.4) is 0 Å². The van der Waals surface area contributed by atoms with E-state index in [-0.39, 0.29) is 5.92 Å². The molecule has 1 aliphatic carbocycles. The summed E-state index contributed by atoms with van der Waals surface area (Å²) in [7, 11) is 0. The molecule has 0 aromatic carbocycles. The molecule has 0 spiro atoms. The van der Waals surface area contributed by atoms with Gasteiger partial charge in [0.05, 0.1) is 5.71 Å². The number of hydrogen-bond acceptors (Lipinski definition) is 2. The minimum atomic E-state index is 0.245. The van der Waals surface area contributed by atoms with Crippen LogP contribution in [0, 0.1) is 5.92 Å². The number of nitrogens with zero attached hydrogens (tertiary/aromatic N) is 1. The molecular formula is C8H11NO. The van der Waals surface area contributed by atoms with Crippen LogP contribution in [0.1, 0.15) is 13.8 Å². The van der Waals surface area contributed by atoms with Crippen molar-refractivity contribution in [2.75, 3.05) is 0 Å². The molecule has 0 radical (unpaired) electrons. The molecule has 1 aliphatic rings. The Morgan fingerprint density at radius 2 is 2.20 bits per heavy atom. The number of hydrogen-bond donors (Lipinski definition) is 1. The fourth-order valence-electron chi connectivity index (χ4n) is 1.03. The van der Waals surface area contributed by atoms with Gasteiger partial charge < -0.3 is 5.21 Å². The highest BCUT2D eigenvalue weighted by molar-refractivity contribution is 5.98. The predicted molar refractivity (Wildman–Crippen MR) is 41.3 cm³/mol. The van der Waals surface area contributed by atoms with E-state index in [1.807, 2.05) is 26.0 Å². The van der Waals surface area contributed by atoms with Gasteiger partial charge in [-0.05, 0) is 13.0 Å². The number of rotatable bonds is 0. The Labute approximate surface area is 60.6 Å². The SMILES string of the molecule is CC1=CC(C)C(=NO)C=C1. The lowest BCUT2D eigenvalue weighted by atomic mass is 9.97. The van der Waals surface area contributed by atoms with Crippen LogP contribution in [0.25, 0.3) is 0 Å². The Kier molecular flexibility index (Phi) is 1.90. The molecule has 1 unspecified atom stereocenters. The first-order chi connectivity index (χ1) is 4.74. The Morgan fingerprint density at radius 1 is 1.50 bits per heavy atom. The van der Waals surface area contributed by atoms with Gasteiger partial charge in [0.1, 0.15) is 0 Å². The second-order valence-electron chi connectivity index (χ2n) is 2.56. The van der Waals surface area contributed by atoms with E-state index < -0.39 is 0 Å². The topological polar surface area (TPSA) is 32.6 Å². The van der Waals surface area contributed by atoms with E-state index in [9.17, 15) is 0 Å². The summed E-state index contributed by atoms with van der Waals surface area (Å²) in [6, 6.07) is 0. The minimum Gasteiger partial charge on any atom is -0.411 e. The van der Waals surface area contributed by atoms with Gasteiger partial charge in [-0.1, -0.05) is 29.8 Å². The van der Waals surface area contributed by atoms with E-state index in [4.69, 9.17) is 5.21 Å². The van der Waals surface area contributed by atoms with Crippen molar-refractivity contribution in [2.24, 2.45) is 11.1 Å². The van der Waals surface area contributed by atoms with E-state index in [0.717, 1.165) is 5.71 Å². The fourth-order valence-corrected chi connectivity index (χ4v) is 1.03. The van der Waals surface area contributed by atoms with Crippen molar-refractivity contribution in [3.8, 4) is 0 Å². The monoisotopic (exact) mass is 137 g/mol. The zero-order valence-corrected chi connectivity index (χ0v) is 6.20. The third-order valence-corrected chi connectivity index (χ3v) is 1.61. The summed E-state index contributed by atoms with van der Waals surface area (Å²) in [5.74, 6) is 0.245. The van der Waals surface area contributed by atoms with Crippen LogP contribution in [0.5, 0.6) is 0 Å². The van der Waals surface area contributed by atoms with Gasteiger partial charge in [-0.25, -0.2) is 0 Å². The maximum Gasteiger partial charge on any atom is 0.0861 e. The summed E-state index contributed by atoms with van der Waals surface area (Å²) in [6.07, 6.45) is 5.84. The summed E-state index contributed by atoms with van der Waals surface area (Å²) in [5.41, 5.74) is 1.95. The third-order valence-electron chi connectivity index (χ3n) is 1.61. The van der Waals surface area contributed by atoms with Crippen LogP contribution < -0.4 is 0 Å². The molecule has 10 heavy (non-hydrogen) atoms. The van der Waals surface area contributed by atoms with Gasteiger partial charge in [0.15, 0.2) is 0 Å². The minimum absolute atomic E-state index is 0.245. The predicted octanol–water partition coefficient (Wildman–Crippen LogP) is 1.97. The highest BCUT2D eigenvalue weighted by Crippen LogP contribution is 2.12. The van der Waals surface area contributed by atoms with Crippen molar-refractivity contribution in [1.82, 2.24) is 0 Å². The highest BCUT2D eigenvalue weighted by Gasteiger charge is 2.08. The molecule has 2 nitrogen and oxygen atoms in total. The molecule has 54 valence electrons. The molecule has 1 N–H and O–H groups in total. The fraction of sp³-hybridized carbons (Fsp3) is 0.375. The van der Waals surface area contributed by atoms with E-state index in [2.05, 4.69) is 11.2 Å². The van der Waals surface area contributed by atoms with Crippen molar-refractivity contribution < 1.29 is 5.21 Å². The molecule has 0 aromatic rings. The van der Waals surface area contributed by atoms with Gasteiger partial charge in [0.2, 0.25) is 0 Å². The van der Waals surface area contributed by atoms with E-state index in [1.165, 1.54) is 5.57 Å². The number of oxime groups is 1. The molecule has 0 amide bonds. The standard InChI is InChI=1S/C8H11NO/c1-6-3-4-8(9-10)7(2)5-6/h3-5,7,10H,1-2H3. The Bertz CT molecular complexity index is 213. The summed E-state index contributed by atoms with van der Waals surface area (Å²) in [4.78, 5) is 0. The van der Waals surface area contributed by atoms with E-state index >= 15 is 0 Å². The van der Waals surface area contributed by atoms with Crippen LogP contribution in [-0.2, 0) is 0 Å². The van der Waals surface area contributed by atoms with Crippen molar-refractivity contribution in [3.63, 3.8) is 0 Å². The van der Waals surface area contributed by atoms with Crippen molar-refractivity contribution in [1.29, 1.82) is 0 Å². The lowest BCUT2D eigenvalue weighted by Gasteiger charge is -2.09. The van der Waals surface area contributed by atoms with Gasteiger partial charge in [0.25, 0.3) is 0 Å². The molecule has 0 bridgehead atoms. The maximum absolute atomic E-state index is 8.46. The summed E-state index contributed by atoms with van der Waals surface area (Å²) in [6.45, 7) is 4.03. The maximum atomic E-state index is 8.46. The first-order valence-corrected chi connectivity index (χ1v) is 3.32. The highest BCUT2D eigenvalue weighted by atomic mass is 16.4. The van der Waals surface area contributed by atoms with Gasteiger partial charge >= 0.3 is 0 Å². The van der Waals surface area contributed by atoms with Crippen molar-refractivity contribution >= 4 is 5.71 Å². The summed E-state index contributed by atoms with van der Waals surface area (Å²) < 4.78 is 0. The lowest BCUT2D eigenvalue weighted by molar-refractivity contribution is 0.317. The van der Waals surface area contributed by atoms with Crippen molar-refractivity contribution in [2.45, 2.75) is 13.8 Å². The van der Waals surface area contributed by atoms with Gasteiger partial charge in [-0.15, -0.1) is 0 Å². The normalized spacial score (nSPS) is 28.8. The quantitative estimate of drug-likeness (QED) is 0.402. The first kappa shape index (κ1) is 7.06. The zero-order chi connectivity index (χ0) is 7.56. The Hall–Kier alpha value is -1.05. The van der Waals surface area contributed by atoms with Gasteiger partial charge in [-0.2, -0.15) is 0 Å². The molecule has 1 atom stereocenters. The van der Waals surface area contributed by atoms with E-state index in [0.29, 0.717) is 0 Å². The third kappa shape index (κ3) is 1.26. The molecule has 0 heterocycles. The van der Waals surface area contributed by atoms with Crippen molar-refractivity contribution in [3.05, 3.63) is 23.8 Å². The van der Waals surface area contributed by atoms with Crippen LogP contribution >= 0.6 is 0 Å². The average molecular weight is 137 g/mol. The molecule has 2 heteroatoms. The largest absolute Gasteiger partial charge is 0.411 e. The Balaban J connectivity index is 2.84. The molecule has 0 saturated heterocycles. The van der Waals surface area contributed by atoms with Gasteiger partial charge in [-0.3, -0.25) is 0 Å². The molecular weight excluding hydrogens is 126 g/mol. The second-order valence-corrected chi connectivity index (χ2v) is 2.56. The second kappa shape index (κ2) is 2.69. The first-order valence-electron chi connectivity index (χ1n) is 3.32.